The lowest BCUT2D eigenvalue weighted by Crippen LogP contribution is -2.42. The van der Waals surface area contributed by atoms with Gasteiger partial charge >= 0.3 is 0 Å². The highest BCUT2D eigenvalue weighted by atomic mass is 16.1. The summed E-state index contributed by atoms with van der Waals surface area (Å²) in [7, 11) is 2.16. The minimum absolute atomic E-state index is 0.0984. The van der Waals surface area contributed by atoms with Gasteiger partial charge in [0.05, 0.1) is 5.92 Å². The Labute approximate surface area is 168 Å². The fourth-order valence-electron chi connectivity index (χ4n) is 4.54. The molecule has 0 aliphatic carbocycles. The normalized spacial score (nSPS) is 19.9. The van der Waals surface area contributed by atoms with Crippen molar-refractivity contribution in [2.75, 3.05) is 31.6 Å². The van der Waals surface area contributed by atoms with E-state index in [-0.39, 0.29) is 11.8 Å². The number of amides is 1. The SMILES string of the molecule is CN1CCCc2cc(CNC(=O)C3CCCN(Cc4ccccc4)C3)ccc21. The van der Waals surface area contributed by atoms with Gasteiger partial charge in [0.1, 0.15) is 0 Å². The molecule has 0 aromatic heterocycles. The van der Waals surface area contributed by atoms with E-state index in [1.54, 1.807) is 0 Å². The number of rotatable bonds is 5. The van der Waals surface area contributed by atoms with Crippen LogP contribution in [-0.4, -0.2) is 37.5 Å². The van der Waals surface area contributed by atoms with Crippen LogP contribution >= 0.6 is 0 Å². The highest BCUT2D eigenvalue weighted by molar-refractivity contribution is 5.79. The summed E-state index contributed by atoms with van der Waals surface area (Å²) in [4.78, 5) is 17.5. The van der Waals surface area contributed by atoms with Gasteiger partial charge in [-0.2, -0.15) is 0 Å². The molecule has 1 N–H and O–H groups in total. The summed E-state index contributed by atoms with van der Waals surface area (Å²) >= 11 is 0. The van der Waals surface area contributed by atoms with Crippen LogP contribution in [-0.2, 0) is 24.3 Å². The number of likely N-dealkylation sites (tertiary alicyclic amines) is 1. The maximum Gasteiger partial charge on any atom is 0.224 e. The Morgan fingerprint density at radius 3 is 2.79 bits per heavy atom. The first kappa shape index (κ1) is 19.0. The number of anilines is 1. The zero-order chi connectivity index (χ0) is 19.3. The van der Waals surface area contributed by atoms with Crippen molar-refractivity contribution >= 4 is 11.6 Å². The lowest BCUT2D eigenvalue weighted by Gasteiger charge is -2.32. The Kier molecular flexibility index (Phi) is 5.96. The van der Waals surface area contributed by atoms with Crippen molar-refractivity contribution < 1.29 is 4.79 Å². The molecule has 0 spiro atoms. The summed E-state index contributed by atoms with van der Waals surface area (Å²) in [6.45, 7) is 4.63. The summed E-state index contributed by atoms with van der Waals surface area (Å²) in [6.07, 6.45) is 4.43. The predicted molar refractivity (Wildman–Crippen MR) is 114 cm³/mol. The molecule has 2 heterocycles. The monoisotopic (exact) mass is 377 g/mol. The molecule has 4 rings (SSSR count). The third-order valence-electron chi connectivity index (χ3n) is 6.09. The lowest BCUT2D eigenvalue weighted by molar-refractivity contribution is -0.126. The van der Waals surface area contributed by atoms with Crippen LogP contribution in [0.2, 0.25) is 0 Å². The van der Waals surface area contributed by atoms with Crippen molar-refractivity contribution in [3.63, 3.8) is 0 Å². The first-order valence-corrected chi connectivity index (χ1v) is 10.6. The summed E-state index contributed by atoms with van der Waals surface area (Å²) < 4.78 is 0. The highest BCUT2D eigenvalue weighted by Crippen LogP contribution is 2.27. The number of benzene rings is 2. The maximum absolute atomic E-state index is 12.8. The van der Waals surface area contributed by atoms with Crippen molar-refractivity contribution in [3.8, 4) is 0 Å². The topological polar surface area (TPSA) is 35.6 Å². The van der Waals surface area contributed by atoms with Gasteiger partial charge in [0.2, 0.25) is 5.91 Å². The van der Waals surface area contributed by atoms with Crippen molar-refractivity contribution in [2.45, 2.75) is 38.8 Å². The summed E-state index contributed by atoms with van der Waals surface area (Å²) in [6, 6.07) is 17.2. The van der Waals surface area contributed by atoms with Crippen molar-refractivity contribution in [1.29, 1.82) is 0 Å². The van der Waals surface area contributed by atoms with E-state index in [0.29, 0.717) is 6.54 Å². The fraction of sp³-hybridized carbons (Fsp3) is 0.458. The minimum atomic E-state index is 0.0984. The second-order valence-corrected chi connectivity index (χ2v) is 8.27. The molecule has 2 aliphatic rings. The summed E-state index contributed by atoms with van der Waals surface area (Å²) in [5, 5.41) is 3.19. The first-order valence-electron chi connectivity index (χ1n) is 10.6. The maximum atomic E-state index is 12.8. The number of carbonyl (C=O) groups is 1. The standard InChI is InChI=1S/C24H31N3O/c1-26-13-5-9-21-15-20(11-12-23(21)26)16-25-24(28)22-10-6-14-27(18-22)17-19-7-3-2-4-8-19/h2-4,7-8,11-12,15,22H,5-6,9-10,13-14,16-18H2,1H3,(H,25,28). The van der Waals surface area contributed by atoms with Crippen LogP contribution < -0.4 is 10.2 Å². The molecule has 0 bridgehead atoms. The minimum Gasteiger partial charge on any atom is -0.374 e. The number of nitrogens with zero attached hydrogens (tertiary/aromatic N) is 2. The van der Waals surface area contributed by atoms with Crippen LogP contribution in [0.5, 0.6) is 0 Å². The van der Waals surface area contributed by atoms with Crippen LogP contribution in [0.4, 0.5) is 5.69 Å². The average Bonchev–Trinajstić information content (AvgIpc) is 2.73. The van der Waals surface area contributed by atoms with E-state index in [9.17, 15) is 4.79 Å². The summed E-state index contributed by atoms with van der Waals surface area (Å²) in [5.41, 5.74) is 5.28. The Hall–Kier alpha value is -2.33. The van der Waals surface area contributed by atoms with Crippen molar-refractivity contribution in [2.24, 2.45) is 5.92 Å². The Morgan fingerprint density at radius 1 is 1.07 bits per heavy atom. The third kappa shape index (κ3) is 4.56. The van der Waals surface area contributed by atoms with E-state index in [1.165, 1.54) is 28.8 Å². The largest absolute Gasteiger partial charge is 0.374 e. The van der Waals surface area contributed by atoms with Crippen LogP contribution in [0.15, 0.2) is 48.5 Å². The lowest BCUT2D eigenvalue weighted by atomic mass is 9.96. The first-order chi connectivity index (χ1) is 13.7. The van der Waals surface area contributed by atoms with Gasteiger partial charge in [-0.25, -0.2) is 0 Å². The number of carbonyl (C=O) groups excluding carboxylic acids is 1. The Morgan fingerprint density at radius 2 is 1.93 bits per heavy atom. The van der Waals surface area contributed by atoms with Crippen LogP contribution in [0.25, 0.3) is 0 Å². The van der Waals surface area contributed by atoms with E-state index in [2.05, 4.69) is 70.7 Å². The van der Waals surface area contributed by atoms with E-state index in [0.717, 1.165) is 45.4 Å². The van der Waals surface area contributed by atoms with E-state index < -0.39 is 0 Å². The molecule has 1 saturated heterocycles. The smallest absolute Gasteiger partial charge is 0.224 e. The predicted octanol–water partition coefficient (Wildman–Crippen LogP) is 3.60. The number of nitrogens with one attached hydrogen (secondary N) is 1. The molecule has 148 valence electrons. The molecule has 4 heteroatoms. The van der Waals surface area contributed by atoms with E-state index >= 15 is 0 Å². The molecule has 28 heavy (non-hydrogen) atoms. The fourth-order valence-corrected chi connectivity index (χ4v) is 4.54. The zero-order valence-corrected chi connectivity index (χ0v) is 16.9. The highest BCUT2D eigenvalue weighted by Gasteiger charge is 2.25. The molecule has 0 saturated carbocycles. The second-order valence-electron chi connectivity index (χ2n) is 8.27. The van der Waals surface area contributed by atoms with Gasteiger partial charge in [0.15, 0.2) is 0 Å². The molecule has 2 aliphatic heterocycles. The van der Waals surface area contributed by atoms with Gasteiger partial charge in [0, 0.05) is 38.9 Å². The molecule has 4 nitrogen and oxygen atoms in total. The number of hydrogen-bond donors (Lipinski definition) is 1. The molecular formula is C24H31N3O. The third-order valence-corrected chi connectivity index (χ3v) is 6.09. The van der Waals surface area contributed by atoms with Crippen LogP contribution in [0.1, 0.15) is 36.0 Å². The molecule has 2 aromatic rings. The second kappa shape index (κ2) is 8.78. The molecule has 1 amide bonds. The van der Waals surface area contributed by atoms with Gasteiger partial charge in [0.25, 0.3) is 0 Å². The van der Waals surface area contributed by atoms with Crippen LogP contribution in [0.3, 0.4) is 0 Å². The number of hydrogen-bond acceptors (Lipinski definition) is 3. The zero-order valence-electron chi connectivity index (χ0n) is 16.9. The van der Waals surface area contributed by atoms with E-state index in [4.69, 9.17) is 0 Å². The Balaban J connectivity index is 1.31. The number of aryl methyl sites for hydroxylation is 1. The van der Waals surface area contributed by atoms with Crippen LogP contribution in [0, 0.1) is 5.92 Å². The number of piperidine rings is 1. The van der Waals surface area contributed by atoms with Crippen molar-refractivity contribution in [3.05, 3.63) is 65.2 Å². The van der Waals surface area contributed by atoms with E-state index in [1.807, 2.05) is 0 Å². The number of fused-ring (bicyclic) bond motifs is 1. The molecule has 0 radical (unpaired) electrons. The molecular weight excluding hydrogens is 346 g/mol. The van der Waals surface area contributed by atoms with Crippen molar-refractivity contribution in [1.82, 2.24) is 10.2 Å². The van der Waals surface area contributed by atoms with Gasteiger partial charge in [-0.3, -0.25) is 9.69 Å². The molecule has 1 fully saturated rings. The molecule has 1 unspecified atom stereocenters. The summed E-state index contributed by atoms with van der Waals surface area (Å²) in [5.74, 6) is 0.300. The molecule has 1 atom stereocenters. The molecule has 2 aromatic carbocycles. The van der Waals surface area contributed by atoms with Gasteiger partial charge in [-0.1, -0.05) is 42.5 Å². The van der Waals surface area contributed by atoms with Gasteiger partial charge < -0.3 is 10.2 Å². The Bertz CT molecular complexity index is 805. The van der Waals surface area contributed by atoms with Gasteiger partial charge in [-0.15, -0.1) is 0 Å². The quantitative estimate of drug-likeness (QED) is 0.865. The van der Waals surface area contributed by atoms with Gasteiger partial charge in [-0.05, 0) is 55.0 Å². The average molecular weight is 378 g/mol.